The Morgan fingerprint density at radius 2 is 2.07 bits per heavy atom. The van der Waals surface area contributed by atoms with Crippen molar-refractivity contribution in [3.8, 4) is 17.4 Å². The highest BCUT2D eigenvalue weighted by Crippen LogP contribution is 2.34. The molecule has 0 aliphatic heterocycles. The number of aromatic amines is 1. The number of nitro groups is 1. The molecule has 0 spiro atoms. The minimum atomic E-state index is -0.465. The molecule has 0 radical (unpaired) electrons. The van der Waals surface area contributed by atoms with Gasteiger partial charge in [-0.25, -0.2) is 4.98 Å². The van der Waals surface area contributed by atoms with Crippen LogP contribution in [-0.2, 0) is 0 Å². The minimum Gasteiger partial charge on any atom is -0.456 e. The van der Waals surface area contributed by atoms with E-state index in [1.165, 1.54) is 6.07 Å². The molecular weight excluding hydrogens is 424 g/mol. The lowest BCUT2D eigenvalue weighted by molar-refractivity contribution is -0.384. The van der Waals surface area contributed by atoms with Gasteiger partial charge in [-0.05, 0) is 36.4 Å². The molecule has 0 unspecified atom stereocenters. The van der Waals surface area contributed by atoms with Gasteiger partial charge < -0.3 is 9.40 Å². The van der Waals surface area contributed by atoms with E-state index in [1.54, 1.807) is 30.3 Å². The second kappa shape index (κ2) is 7.13. The molecule has 0 saturated carbocycles. The van der Waals surface area contributed by atoms with Gasteiger partial charge in [0.25, 0.3) is 5.69 Å². The van der Waals surface area contributed by atoms with Crippen molar-refractivity contribution in [2.75, 3.05) is 0 Å². The maximum Gasteiger partial charge on any atom is 0.281 e. The van der Waals surface area contributed by atoms with Crippen LogP contribution >= 0.6 is 15.9 Å². The molecule has 2 heterocycles. The van der Waals surface area contributed by atoms with Crippen molar-refractivity contribution in [2.45, 2.75) is 0 Å². The molecule has 7 nitrogen and oxygen atoms in total. The van der Waals surface area contributed by atoms with Gasteiger partial charge in [-0.15, -0.1) is 0 Å². The van der Waals surface area contributed by atoms with E-state index in [4.69, 9.17) is 4.42 Å². The van der Waals surface area contributed by atoms with Gasteiger partial charge in [0.1, 0.15) is 23.4 Å². The number of fused-ring (bicyclic) bond motifs is 1. The Kier molecular flexibility index (Phi) is 4.51. The molecular formula is C20H11BrN4O3. The summed E-state index contributed by atoms with van der Waals surface area (Å²) in [5.41, 5.74) is 2.16. The van der Waals surface area contributed by atoms with Crippen LogP contribution in [0.15, 0.2) is 63.5 Å². The number of halogens is 1. The van der Waals surface area contributed by atoms with E-state index < -0.39 is 4.92 Å². The Labute approximate surface area is 167 Å². The van der Waals surface area contributed by atoms with E-state index >= 15 is 0 Å². The zero-order valence-corrected chi connectivity index (χ0v) is 15.8. The fourth-order valence-electron chi connectivity index (χ4n) is 2.82. The van der Waals surface area contributed by atoms with Crippen LogP contribution in [0, 0.1) is 21.4 Å². The third-order valence-corrected chi connectivity index (χ3v) is 4.59. The highest BCUT2D eigenvalue weighted by molar-refractivity contribution is 9.10. The smallest absolute Gasteiger partial charge is 0.281 e. The minimum absolute atomic E-state index is 0.0722. The highest BCUT2D eigenvalue weighted by atomic mass is 79.9. The van der Waals surface area contributed by atoms with Gasteiger partial charge in [0.2, 0.25) is 0 Å². The number of benzene rings is 2. The number of para-hydroxylation sites is 2. The number of nitriles is 1. The summed E-state index contributed by atoms with van der Waals surface area (Å²) in [6.07, 6.45) is 1.55. The summed E-state index contributed by atoms with van der Waals surface area (Å²) in [6, 6.07) is 17.6. The number of imidazole rings is 1. The van der Waals surface area contributed by atoms with Crippen LogP contribution in [0.2, 0.25) is 0 Å². The molecule has 4 rings (SSSR count). The quantitative estimate of drug-likeness (QED) is 0.257. The van der Waals surface area contributed by atoms with Crippen LogP contribution in [-0.4, -0.2) is 14.9 Å². The molecule has 8 heteroatoms. The van der Waals surface area contributed by atoms with Crippen LogP contribution < -0.4 is 0 Å². The number of rotatable bonds is 4. The summed E-state index contributed by atoms with van der Waals surface area (Å²) in [5.74, 6) is 1.16. The molecule has 2 aromatic carbocycles. The molecule has 0 bridgehead atoms. The number of nitro benzene ring substituents is 1. The Hall–Kier alpha value is -3.70. The lowest BCUT2D eigenvalue weighted by atomic mass is 10.1. The molecule has 0 atom stereocenters. The maximum absolute atomic E-state index is 11.3. The van der Waals surface area contributed by atoms with Crippen molar-refractivity contribution >= 4 is 44.3 Å². The third kappa shape index (κ3) is 3.31. The second-order valence-electron chi connectivity index (χ2n) is 5.89. The predicted molar refractivity (Wildman–Crippen MR) is 108 cm³/mol. The van der Waals surface area contributed by atoms with Gasteiger partial charge in [0.05, 0.1) is 27.1 Å². The molecule has 136 valence electrons. The van der Waals surface area contributed by atoms with Crippen molar-refractivity contribution in [1.82, 2.24) is 9.97 Å². The number of H-pyrrole nitrogens is 1. The predicted octanol–water partition coefficient (Wildman–Crippen LogP) is 5.56. The molecule has 0 aliphatic carbocycles. The van der Waals surface area contributed by atoms with Gasteiger partial charge >= 0.3 is 0 Å². The van der Waals surface area contributed by atoms with E-state index in [2.05, 4.69) is 32.0 Å². The molecule has 4 aromatic rings. The van der Waals surface area contributed by atoms with E-state index in [1.807, 2.05) is 24.3 Å². The number of allylic oxidation sites excluding steroid dienone is 1. The molecule has 28 heavy (non-hydrogen) atoms. The van der Waals surface area contributed by atoms with E-state index in [0.29, 0.717) is 33.0 Å². The molecule has 0 saturated heterocycles. The monoisotopic (exact) mass is 434 g/mol. The fraction of sp³-hybridized carbons (Fsp3) is 0. The topological polar surface area (TPSA) is 109 Å². The SMILES string of the molecule is N#C/C(=C\c1ccc(-c2ccc(Br)cc2[N+](=O)[O-])o1)c1nc2ccccc2[nH]1. The number of hydrogen-bond acceptors (Lipinski definition) is 5. The third-order valence-electron chi connectivity index (χ3n) is 4.10. The Morgan fingerprint density at radius 1 is 1.25 bits per heavy atom. The standard InChI is InChI=1S/C20H11BrN4O3/c21-13-5-7-15(18(10-13)25(26)27)19-8-6-14(28-19)9-12(11-22)20-23-16-3-1-2-4-17(16)24-20/h1-10H,(H,23,24)/b12-9+. The number of nitrogens with one attached hydrogen (secondary N) is 1. The Morgan fingerprint density at radius 3 is 2.82 bits per heavy atom. The lowest BCUT2D eigenvalue weighted by Crippen LogP contribution is -1.91. The normalized spacial score (nSPS) is 11.5. The Bertz CT molecular complexity index is 1250. The van der Waals surface area contributed by atoms with E-state index in [-0.39, 0.29) is 5.69 Å². The van der Waals surface area contributed by atoms with Gasteiger partial charge in [0, 0.05) is 16.6 Å². The van der Waals surface area contributed by atoms with Crippen molar-refractivity contribution in [2.24, 2.45) is 0 Å². The summed E-state index contributed by atoms with van der Waals surface area (Å²) < 4.78 is 6.34. The average Bonchev–Trinajstić information content (AvgIpc) is 3.32. The van der Waals surface area contributed by atoms with Crippen LogP contribution in [0.5, 0.6) is 0 Å². The van der Waals surface area contributed by atoms with Crippen LogP contribution in [0.25, 0.3) is 34.0 Å². The molecule has 0 aliphatic rings. The van der Waals surface area contributed by atoms with Crippen molar-refractivity contribution in [3.63, 3.8) is 0 Å². The number of aromatic nitrogens is 2. The van der Waals surface area contributed by atoms with Crippen LogP contribution in [0.1, 0.15) is 11.6 Å². The summed E-state index contributed by atoms with van der Waals surface area (Å²) in [5, 5.41) is 20.8. The van der Waals surface area contributed by atoms with E-state index in [0.717, 1.165) is 11.0 Å². The summed E-state index contributed by atoms with van der Waals surface area (Å²) >= 11 is 3.23. The Balaban J connectivity index is 1.73. The first kappa shape index (κ1) is 17.7. The molecule has 0 amide bonds. The van der Waals surface area contributed by atoms with Gasteiger partial charge in [0.15, 0.2) is 0 Å². The number of hydrogen-bond donors (Lipinski definition) is 1. The van der Waals surface area contributed by atoms with Gasteiger partial charge in [-0.2, -0.15) is 5.26 Å². The molecule has 2 aromatic heterocycles. The fourth-order valence-corrected chi connectivity index (χ4v) is 3.16. The number of furan rings is 1. The average molecular weight is 435 g/mol. The second-order valence-corrected chi connectivity index (χ2v) is 6.81. The van der Waals surface area contributed by atoms with Crippen LogP contribution in [0.4, 0.5) is 5.69 Å². The van der Waals surface area contributed by atoms with Gasteiger partial charge in [-0.3, -0.25) is 10.1 Å². The summed E-state index contributed by atoms with van der Waals surface area (Å²) in [6.45, 7) is 0. The first-order chi connectivity index (χ1) is 13.5. The maximum atomic E-state index is 11.3. The van der Waals surface area contributed by atoms with Crippen LogP contribution in [0.3, 0.4) is 0 Å². The highest BCUT2D eigenvalue weighted by Gasteiger charge is 2.18. The van der Waals surface area contributed by atoms with Crippen molar-refractivity contribution in [3.05, 3.63) is 80.8 Å². The first-order valence-electron chi connectivity index (χ1n) is 8.16. The summed E-state index contributed by atoms with van der Waals surface area (Å²) in [4.78, 5) is 18.4. The zero-order chi connectivity index (χ0) is 19.7. The molecule has 1 N–H and O–H groups in total. The summed E-state index contributed by atoms with van der Waals surface area (Å²) in [7, 11) is 0. The van der Waals surface area contributed by atoms with Crippen molar-refractivity contribution < 1.29 is 9.34 Å². The lowest BCUT2D eigenvalue weighted by Gasteiger charge is -2.00. The first-order valence-corrected chi connectivity index (χ1v) is 8.95. The largest absolute Gasteiger partial charge is 0.456 e. The number of nitrogens with zero attached hydrogens (tertiary/aromatic N) is 3. The van der Waals surface area contributed by atoms with Crippen molar-refractivity contribution in [1.29, 1.82) is 5.26 Å². The van der Waals surface area contributed by atoms with E-state index in [9.17, 15) is 15.4 Å². The zero-order valence-electron chi connectivity index (χ0n) is 14.2. The molecule has 0 fully saturated rings. The van der Waals surface area contributed by atoms with Gasteiger partial charge in [-0.1, -0.05) is 28.1 Å².